The molecule has 2 aromatic carbocycles. The molecular formula is C17H13FN2O2S. The van der Waals surface area contributed by atoms with Gasteiger partial charge in [-0.1, -0.05) is 12.1 Å². The van der Waals surface area contributed by atoms with Gasteiger partial charge in [0.15, 0.2) is 5.17 Å². The van der Waals surface area contributed by atoms with Gasteiger partial charge in [0, 0.05) is 0 Å². The Kier molecular flexibility index (Phi) is 4.43. The first-order valence-corrected chi connectivity index (χ1v) is 7.65. The number of hydrogen-bond donors (Lipinski definition) is 1. The summed E-state index contributed by atoms with van der Waals surface area (Å²) in [6.07, 6.45) is 1.70. The largest absolute Gasteiger partial charge is 0.497 e. The van der Waals surface area contributed by atoms with Gasteiger partial charge in [0.2, 0.25) is 0 Å². The molecule has 6 heteroatoms. The molecule has 1 N–H and O–H groups in total. The quantitative estimate of drug-likeness (QED) is 0.874. The molecular weight excluding hydrogens is 315 g/mol. The highest BCUT2D eigenvalue weighted by atomic mass is 32.2. The molecule has 0 radical (unpaired) electrons. The molecule has 1 amide bonds. The number of hydrogen-bond acceptors (Lipinski definition) is 4. The molecule has 23 heavy (non-hydrogen) atoms. The second kappa shape index (κ2) is 6.66. The highest BCUT2D eigenvalue weighted by Crippen LogP contribution is 2.28. The zero-order valence-electron chi connectivity index (χ0n) is 12.2. The fourth-order valence-corrected chi connectivity index (χ4v) is 2.81. The van der Waals surface area contributed by atoms with E-state index in [1.165, 1.54) is 23.9 Å². The van der Waals surface area contributed by atoms with Crippen molar-refractivity contribution in [2.75, 3.05) is 7.11 Å². The first kappa shape index (κ1) is 15.3. The summed E-state index contributed by atoms with van der Waals surface area (Å²) in [6.45, 7) is 0. The van der Waals surface area contributed by atoms with Crippen LogP contribution in [0.5, 0.6) is 5.75 Å². The summed E-state index contributed by atoms with van der Waals surface area (Å²) in [5.41, 5.74) is 1.48. The molecule has 0 aromatic heterocycles. The highest BCUT2D eigenvalue weighted by Gasteiger charge is 2.23. The second-order valence-corrected chi connectivity index (χ2v) is 5.76. The molecule has 1 aliphatic heterocycles. The number of aliphatic imine (C=N–C) groups is 1. The first-order valence-electron chi connectivity index (χ1n) is 6.83. The minimum absolute atomic E-state index is 0.216. The highest BCUT2D eigenvalue weighted by molar-refractivity contribution is 8.18. The van der Waals surface area contributed by atoms with Crippen LogP contribution in [0, 0.1) is 5.82 Å². The van der Waals surface area contributed by atoms with E-state index in [4.69, 9.17) is 4.74 Å². The van der Waals surface area contributed by atoms with Crippen molar-refractivity contribution in [1.82, 2.24) is 5.32 Å². The van der Waals surface area contributed by atoms with Crippen LogP contribution in [0.4, 0.5) is 10.1 Å². The second-order valence-electron chi connectivity index (χ2n) is 4.73. The van der Waals surface area contributed by atoms with Crippen LogP contribution in [0.1, 0.15) is 5.56 Å². The summed E-state index contributed by atoms with van der Waals surface area (Å²) in [7, 11) is 1.60. The number of nitrogens with zero attached hydrogens (tertiary/aromatic N) is 1. The van der Waals surface area contributed by atoms with Gasteiger partial charge in [0.05, 0.1) is 17.7 Å². The third-order valence-electron chi connectivity index (χ3n) is 3.12. The number of carbonyl (C=O) groups excluding carboxylic acids is 1. The lowest BCUT2D eigenvalue weighted by Gasteiger charge is -1.99. The van der Waals surface area contributed by atoms with Crippen LogP contribution in [0.3, 0.4) is 0 Å². The predicted molar refractivity (Wildman–Crippen MR) is 90.2 cm³/mol. The van der Waals surface area contributed by atoms with Crippen molar-refractivity contribution in [3.05, 3.63) is 64.8 Å². The molecule has 2 aromatic rings. The topological polar surface area (TPSA) is 50.7 Å². The molecule has 0 saturated carbocycles. The lowest BCUT2D eigenvalue weighted by atomic mass is 10.2. The zero-order valence-corrected chi connectivity index (χ0v) is 13.1. The third kappa shape index (κ3) is 3.78. The van der Waals surface area contributed by atoms with Crippen molar-refractivity contribution >= 4 is 34.6 Å². The van der Waals surface area contributed by atoms with Gasteiger partial charge in [0.1, 0.15) is 11.6 Å². The molecule has 1 aliphatic rings. The summed E-state index contributed by atoms with van der Waals surface area (Å²) in [5, 5.41) is 3.22. The van der Waals surface area contributed by atoms with Crippen LogP contribution >= 0.6 is 11.8 Å². The molecule has 0 atom stereocenters. The van der Waals surface area contributed by atoms with E-state index >= 15 is 0 Å². The van der Waals surface area contributed by atoms with Gasteiger partial charge >= 0.3 is 0 Å². The van der Waals surface area contributed by atoms with Crippen molar-refractivity contribution in [1.29, 1.82) is 0 Å². The molecule has 1 saturated heterocycles. The first-order chi connectivity index (χ1) is 11.1. The van der Waals surface area contributed by atoms with Crippen molar-refractivity contribution in [2.24, 2.45) is 4.99 Å². The SMILES string of the molecule is COc1ccc(N=C2NC(=O)C(=Cc3ccc(F)cc3)S2)cc1. The number of nitrogens with one attached hydrogen (secondary N) is 1. The summed E-state index contributed by atoms with van der Waals surface area (Å²) < 4.78 is 18.0. The number of rotatable bonds is 3. The number of halogens is 1. The van der Waals surface area contributed by atoms with Crippen LogP contribution in [0.15, 0.2) is 58.4 Å². The number of amides is 1. The molecule has 3 rings (SSSR count). The average Bonchev–Trinajstić information content (AvgIpc) is 2.90. The minimum atomic E-state index is -0.308. The Bertz CT molecular complexity index is 783. The van der Waals surface area contributed by atoms with Crippen molar-refractivity contribution in [3.63, 3.8) is 0 Å². The Balaban J connectivity index is 1.78. The zero-order chi connectivity index (χ0) is 16.2. The fourth-order valence-electron chi connectivity index (χ4n) is 1.96. The summed E-state index contributed by atoms with van der Waals surface area (Å²) in [6, 6.07) is 13.2. The van der Waals surface area contributed by atoms with E-state index in [9.17, 15) is 9.18 Å². The lowest BCUT2D eigenvalue weighted by Crippen LogP contribution is -2.19. The predicted octanol–water partition coefficient (Wildman–Crippen LogP) is 3.73. The maximum Gasteiger partial charge on any atom is 0.264 e. The van der Waals surface area contributed by atoms with Crippen molar-refractivity contribution in [3.8, 4) is 5.75 Å². The van der Waals surface area contributed by atoms with Gasteiger partial charge < -0.3 is 10.1 Å². The normalized spacial score (nSPS) is 17.6. The Morgan fingerprint density at radius 3 is 2.48 bits per heavy atom. The molecule has 116 valence electrons. The van der Waals surface area contributed by atoms with Crippen LogP contribution in [-0.4, -0.2) is 18.2 Å². The molecule has 0 spiro atoms. The summed E-state index contributed by atoms with van der Waals surface area (Å²) in [4.78, 5) is 16.9. The maximum absolute atomic E-state index is 12.9. The van der Waals surface area contributed by atoms with E-state index in [0.29, 0.717) is 10.1 Å². The number of methoxy groups -OCH3 is 1. The van der Waals surface area contributed by atoms with Crippen LogP contribution < -0.4 is 10.1 Å². The van der Waals surface area contributed by atoms with Crippen LogP contribution in [-0.2, 0) is 4.79 Å². The molecule has 0 aliphatic carbocycles. The third-order valence-corrected chi connectivity index (χ3v) is 4.03. The Morgan fingerprint density at radius 2 is 1.83 bits per heavy atom. The van der Waals surface area contributed by atoms with Crippen molar-refractivity contribution in [2.45, 2.75) is 0 Å². The smallest absolute Gasteiger partial charge is 0.264 e. The van der Waals surface area contributed by atoms with Gasteiger partial charge in [-0.3, -0.25) is 4.79 Å². The molecule has 1 heterocycles. The monoisotopic (exact) mass is 328 g/mol. The molecule has 0 unspecified atom stereocenters. The molecule has 0 bridgehead atoms. The Labute approximate surface area is 137 Å². The van der Waals surface area contributed by atoms with Gasteiger partial charge in [-0.05, 0) is 59.8 Å². The number of thioether (sulfide) groups is 1. The van der Waals surface area contributed by atoms with E-state index in [2.05, 4.69) is 10.3 Å². The Morgan fingerprint density at radius 1 is 1.13 bits per heavy atom. The van der Waals surface area contributed by atoms with Gasteiger partial charge in [-0.25, -0.2) is 9.38 Å². The number of amidine groups is 1. The van der Waals surface area contributed by atoms with Gasteiger partial charge in [-0.15, -0.1) is 0 Å². The van der Waals surface area contributed by atoms with E-state index in [1.54, 1.807) is 49.6 Å². The van der Waals surface area contributed by atoms with Crippen LogP contribution in [0.25, 0.3) is 6.08 Å². The van der Waals surface area contributed by atoms with E-state index in [-0.39, 0.29) is 11.7 Å². The number of carbonyl (C=O) groups is 1. The molecule has 1 fully saturated rings. The van der Waals surface area contributed by atoms with Gasteiger partial charge in [0.25, 0.3) is 5.91 Å². The van der Waals surface area contributed by atoms with E-state index in [1.807, 2.05) is 0 Å². The number of ether oxygens (including phenoxy) is 1. The average molecular weight is 328 g/mol. The standard InChI is InChI=1S/C17H13FN2O2S/c1-22-14-8-6-13(7-9-14)19-17-20-16(21)15(23-17)10-11-2-4-12(18)5-3-11/h2-10H,1H3,(H,19,20,21). The minimum Gasteiger partial charge on any atom is -0.497 e. The van der Waals surface area contributed by atoms with E-state index < -0.39 is 0 Å². The fraction of sp³-hybridized carbons (Fsp3) is 0.0588. The summed E-state index contributed by atoms with van der Waals surface area (Å²) >= 11 is 1.25. The maximum atomic E-state index is 12.9. The lowest BCUT2D eigenvalue weighted by molar-refractivity contribution is -0.115. The van der Waals surface area contributed by atoms with Gasteiger partial charge in [-0.2, -0.15) is 0 Å². The summed E-state index contributed by atoms with van der Waals surface area (Å²) in [5.74, 6) is 0.220. The van der Waals surface area contributed by atoms with Crippen molar-refractivity contribution < 1.29 is 13.9 Å². The number of benzene rings is 2. The van der Waals surface area contributed by atoms with Crippen LogP contribution in [0.2, 0.25) is 0 Å². The molecule has 4 nitrogen and oxygen atoms in total. The van der Waals surface area contributed by atoms with E-state index in [0.717, 1.165) is 17.0 Å². The Hall–Kier alpha value is -2.60.